The van der Waals surface area contributed by atoms with E-state index in [0.29, 0.717) is 0 Å². The third kappa shape index (κ3) is 2.96. The molecular weight excluding hydrogens is 350 g/mol. The summed E-state index contributed by atoms with van der Waals surface area (Å²) >= 11 is 3.19. The van der Waals surface area contributed by atoms with E-state index in [1.807, 2.05) is 66.0 Å². The van der Waals surface area contributed by atoms with Crippen molar-refractivity contribution in [3.8, 4) is 0 Å². The molecular formula is C19H17N3OS2. The average Bonchev–Trinajstić information content (AvgIpc) is 3.03. The lowest BCUT2D eigenvalue weighted by Crippen LogP contribution is -2.34. The molecule has 0 N–H and O–H groups in total. The second-order valence-electron chi connectivity index (χ2n) is 5.79. The number of amides is 1. The van der Waals surface area contributed by atoms with Crippen LogP contribution < -0.4 is 4.90 Å². The van der Waals surface area contributed by atoms with Gasteiger partial charge in [-0.15, -0.1) is 0 Å². The molecule has 1 aliphatic rings. The number of rotatable bonds is 3. The molecule has 126 valence electrons. The molecule has 0 spiro atoms. The van der Waals surface area contributed by atoms with Crippen LogP contribution in [0.5, 0.6) is 0 Å². The number of aromatic nitrogens is 2. The number of nitrogens with zero attached hydrogens (tertiary/aromatic N) is 3. The Bertz CT molecular complexity index is 892. The number of hydrogen-bond donors (Lipinski definition) is 0. The highest BCUT2D eigenvalue weighted by Crippen LogP contribution is 2.48. The molecule has 0 fully saturated rings. The fourth-order valence-electron chi connectivity index (χ4n) is 2.80. The van der Waals surface area contributed by atoms with Crippen molar-refractivity contribution >= 4 is 40.8 Å². The number of benzene rings is 2. The van der Waals surface area contributed by atoms with Crippen molar-refractivity contribution in [1.29, 1.82) is 0 Å². The van der Waals surface area contributed by atoms with Gasteiger partial charge in [-0.05, 0) is 31.2 Å². The van der Waals surface area contributed by atoms with Gasteiger partial charge in [0.2, 0.25) is 5.91 Å². The van der Waals surface area contributed by atoms with E-state index < -0.39 is 0 Å². The summed E-state index contributed by atoms with van der Waals surface area (Å²) in [5, 5.41) is 0.596. The highest BCUT2D eigenvalue weighted by Gasteiger charge is 2.31. The van der Waals surface area contributed by atoms with E-state index in [1.165, 1.54) is 11.8 Å². The Hall–Kier alpha value is -2.18. The number of para-hydroxylation sites is 2. The number of carbonyl (C=O) groups excluding carboxylic acids is 1. The standard InChI is InChI=1S/C19H17N3OS2/c1-13(24-19-20-11-12-21(19)2)18(23)22-14-7-3-5-9-16(14)25-17-10-6-4-8-15(17)22/h3-13H,1-2H3. The first-order chi connectivity index (χ1) is 12.1. The SMILES string of the molecule is CC(Sc1nccn1C)C(=O)N1c2ccccc2Sc2ccccc21. The van der Waals surface area contributed by atoms with Gasteiger partial charge in [-0.3, -0.25) is 9.69 Å². The lowest BCUT2D eigenvalue weighted by atomic mass is 10.2. The van der Waals surface area contributed by atoms with E-state index in [1.54, 1.807) is 18.0 Å². The first-order valence-corrected chi connectivity index (χ1v) is 9.68. The van der Waals surface area contributed by atoms with Crippen LogP contribution in [0.2, 0.25) is 0 Å². The fraction of sp³-hybridized carbons (Fsp3) is 0.158. The zero-order valence-corrected chi connectivity index (χ0v) is 15.6. The summed E-state index contributed by atoms with van der Waals surface area (Å²) < 4.78 is 1.93. The topological polar surface area (TPSA) is 38.1 Å². The first kappa shape index (κ1) is 16.3. The third-order valence-corrected chi connectivity index (χ3v) is 6.35. The third-order valence-electron chi connectivity index (χ3n) is 4.06. The molecule has 0 radical (unpaired) electrons. The van der Waals surface area contributed by atoms with Crippen molar-refractivity contribution in [2.45, 2.75) is 27.1 Å². The molecule has 1 amide bonds. The van der Waals surface area contributed by atoms with Gasteiger partial charge in [0.15, 0.2) is 5.16 Å². The van der Waals surface area contributed by atoms with Gasteiger partial charge in [-0.2, -0.15) is 0 Å². The molecule has 4 nitrogen and oxygen atoms in total. The van der Waals surface area contributed by atoms with Crippen LogP contribution in [0.15, 0.2) is 75.9 Å². The summed E-state index contributed by atoms with van der Waals surface area (Å²) in [6.45, 7) is 1.94. The van der Waals surface area contributed by atoms with Crippen molar-refractivity contribution in [3.63, 3.8) is 0 Å². The van der Waals surface area contributed by atoms with Crippen molar-refractivity contribution in [2.24, 2.45) is 7.05 Å². The molecule has 0 aliphatic carbocycles. The van der Waals surface area contributed by atoms with Gasteiger partial charge in [-0.25, -0.2) is 4.98 Å². The van der Waals surface area contributed by atoms with Crippen molar-refractivity contribution in [1.82, 2.24) is 9.55 Å². The minimum atomic E-state index is -0.245. The quantitative estimate of drug-likeness (QED) is 0.627. The molecule has 1 unspecified atom stereocenters. The van der Waals surface area contributed by atoms with Gasteiger partial charge in [-0.1, -0.05) is 47.8 Å². The molecule has 1 aromatic heterocycles. The zero-order chi connectivity index (χ0) is 17.4. The molecule has 2 heterocycles. The van der Waals surface area contributed by atoms with Crippen LogP contribution in [0.3, 0.4) is 0 Å². The van der Waals surface area contributed by atoms with E-state index in [9.17, 15) is 4.79 Å². The van der Waals surface area contributed by atoms with E-state index >= 15 is 0 Å². The Balaban J connectivity index is 1.71. The molecule has 3 aromatic rings. The molecule has 4 rings (SSSR count). The molecule has 25 heavy (non-hydrogen) atoms. The summed E-state index contributed by atoms with van der Waals surface area (Å²) in [6.07, 6.45) is 3.64. The van der Waals surface area contributed by atoms with Gasteiger partial charge in [0.05, 0.1) is 16.6 Å². The summed E-state index contributed by atoms with van der Waals surface area (Å²) in [7, 11) is 1.94. The van der Waals surface area contributed by atoms with Crippen molar-refractivity contribution in [2.75, 3.05) is 4.90 Å². The monoisotopic (exact) mass is 367 g/mol. The molecule has 2 aromatic carbocycles. The van der Waals surface area contributed by atoms with Gasteiger partial charge in [0.25, 0.3) is 0 Å². The molecule has 1 aliphatic heterocycles. The Kier molecular flexibility index (Phi) is 4.31. The van der Waals surface area contributed by atoms with E-state index in [2.05, 4.69) is 17.1 Å². The van der Waals surface area contributed by atoms with Crippen LogP contribution >= 0.6 is 23.5 Å². The largest absolute Gasteiger partial charge is 0.329 e. The maximum Gasteiger partial charge on any atom is 0.244 e. The molecule has 1 atom stereocenters. The lowest BCUT2D eigenvalue weighted by Gasteiger charge is -2.32. The number of thioether (sulfide) groups is 1. The van der Waals surface area contributed by atoms with E-state index in [-0.39, 0.29) is 11.2 Å². The maximum absolute atomic E-state index is 13.3. The highest BCUT2D eigenvalue weighted by molar-refractivity contribution is 8.00. The Morgan fingerprint density at radius 3 is 2.24 bits per heavy atom. The van der Waals surface area contributed by atoms with E-state index in [0.717, 1.165) is 26.3 Å². The fourth-order valence-corrected chi connectivity index (χ4v) is 4.73. The summed E-state index contributed by atoms with van der Waals surface area (Å²) in [6, 6.07) is 16.1. The smallest absolute Gasteiger partial charge is 0.244 e. The van der Waals surface area contributed by atoms with Gasteiger partial charge in [0.1, 0.15) is 0 Å². The minimum absolute atomic E-state index is 0.0631. The second kappa shape index (κ2) is 6.61. The predicted molar refractivity (Wildman–Crippen MR) is 103 cm³/mol. The molecule has 6 heteroatoms. The lowest BCUT2D eigenvalue weighted by molar-refractivity contribution is -0.117. The van der Waals surface area contributed by atoms with Crippen LogP contribution in [0.25, 0.3) is 0 Å². The van der Waals surface area contributed by atoms with Crippen LogP contribution in [-0.2, 0) is 11.8 Å². The predicted octanol–water partition coefficient (Wildman–Crippen LogP) is 4.73. The molecule has 0 saturated heterocycles. The van der Waals surface area contributed by atoms with Crippen LogP contribution in [0, 0.1) is 0 Å². The van der Waals surface area contributed by atoms with Crippen LogP contribution in [0.4, 0.5) is 11.4 Å². The highest BCUT2D eigenvalue weighted by atomic mass is 32.2. The van der Waals surface area contributed by atoms with Gasteiger partial charge < -0.3 is 4.57 Å². The Morgan fingerprint density at radius 2 is 1.68 bits per heavy atom. The van der Waals surface area contributed by atoms with Crippen molar-refractivity contribution in [3.05, 3.63) is 60.9 Å². The van der Waals surface area contributed by atoms with Gasteiger partial charge >= 0.3 is 0 Å². The van der Waals surface area contributed by atoms with Crippen LogP contribution in [-0.4, -0.2) is 20.7 Å². The Labute approximate surface area is 155 Å². The zero-order valence-electron chi connectivity index (χ0n) is 13.9. The van der Waals surface area contributed by atoms with Gasteiger partial charge in [0, 0.05) is 29.2 Å². The second-order valence-corrected chi connectivity index (χ2v) is 8.18. The summed E-state index contributed by atoms with van der Waals surface area (Å²) in [4.78, 5) is 21.7. The molecule has 0 saturated carbocycles. The minimum Gasteiger partial charge on any atom is -0.329 e. The number of aryl methyl sites for hydroxylation is 1. The number of anilines is 2. The number of fused-ring (bicyclic) bond motifs is 2. The average molecular weight is 367 g/mol. The summed E-state index contributed by atoms with van der Waals surface area (Å²) in [5.41, 5.74) is 1.90. The molecule has 0 bridgehead atoms. The summed E-state index contributed by atoms with van der Waals surface area (Å²) in [5.74, 6) is 0.0631. The number of hydrogen-bond acceptors (Lipinski definition) is 4. The maximum atomic E-state index is 13.3. The van der Waals surface area contributed by atoms with Crippen molar-refractivity contribution < 1.29 is 4.79 Å². The Morgan fingerprint density at radius 1 is 1.08 bits per heavy atom. The number of imidazole rings is 1. The van der Waals surface area contributed by atoms with Crippen LogP contribution in [0.1, 0.15) is 6.92 Å². The normalized spacial score (nSPS) is 13.9. The van der Waals surface area contributed by atoms with E-state index in [4.69, 9.17) is 0 Å². The number of carbonyl (C=O) groups is 1. The first-order valence-electron chi connectivity index (χ1n) is 7.99.